The second-order valence-electron chi connectivity index (χ2n) is 6.77. The van der Waals surface area contributed by atoms with E-state index in [4.69, 9.17) is 9.47 Å². The smallest absolute Gasteiger partial charge is 0.410 e. The van der Waals surface area contributed by atoms with Crippen molar-refractivity contribution in [2.75, 3.05) is 26.8 Å². The molecule has 0 bridgehead atoms. The van der Waals surface area contributed by atoms with Crippen LogP contribution in [0.2, 0.25) is 0 Å². The van der Waals surface area contributed by atoms with Crippen molar-refractivity contribution < 1.29 is 14.3 Å². The first-order valence-electron chi connectivity index (χ1n) is 8.09. The van der Waals surface area contributed by atoms with Gasteiger partial charge in [-0.25, -0.2) is 4.79 Å². The molecule has 124 valence electrons. The highest BCUT2D eigenvalue weighted by atomic mass is 16.6. The van der Waals surface area contributed by atoms with Crippen LogP contribution in [0.1, 0.15) is 53.4 Å². The van der Waals surface area contributed by atoms with Gasteiger partial charge in [-0.2, -0.15) is 0 Å². The molecule has 0 aromatic rings. The summed E-state index contributed by atoms with van der Waals surface area (Å²) in [6, 6.07) is 0.693. The van der Waals surface area contributed by atoms with Crippen LogP contribution in [0.4, 0.5) is 4.79 Å². The van der Waals surface area contributed by atoms with Crippen LogP contribution in [0, 0.1) is 0 Å². The standard InChI is InChI=1S/C16H32N2O3/c1-6-13(12-20-5)17-10-9-14-8-7-11-18(14)15(19)21-16(2,3)4/h13-14,17H,6-12H2,1-5H3. The molecule has 0 aliphatic carbocycles. The largest absolute Gasteiger partial charge is 0.444 e. The van der Waals surface area contributed by atoms with Gasteiger partial charge in [-0.3, -0.25) is 0 Å². The van der Waals surface area contributed by atoms with E-state index in [1.54, 1.807) is 7.11 Å². The Kier molecular flexibility index (Phi) is 7.46. The first-order chi connectivity index (χ1) is 9.87. The Morgan fingerprint density at radius 3 is 2.71 bits per heavy atom. The minimum atomic E-state index is -0.422. The van der Waals surface area contributed by atoms with E-state index in [2.05, 4.69) is 12.2 Å². The van der Waals surface area contributed by atoms with E-state index in [1.165, 1.54) is 0 Å². The number of carbonyl (C=O) groups is 1. The average molecular weight is 300 g/mol. The van der Waals surface area contributed by atoms with E-state index in [0.29, 0.717) is 12.1 Å². The normalized spacial score (nSPS) is 20.6. The molecule has 1 saturated heterocycles. The zero-order chi connectivity index (χ0) is 15.9. The van der Waals surface area contributed by atoms with Gasteiger partial charge in [0.05, 0.1) is 6.61 Å². The van der Waals surface area contributed by atoms with Gasteiger partial charge in [0.25, 0.3) is 0 Å². The Morgan fingerprint density at radius 2 is 2.14 bits per heavy atom. The lowest BCUT2D eigenvalue weighted by atomic mass is 10.1. The summed E-state index contributed by atoms with van der Waals surface area (Å²) in [5.41, 5.74) is -0.422. The summed E-state index contributed by atoms with van der Waals surface area (Å²) in [5.74, 6) is 0. The SMILES string of the molecule is CCC(COC)NCCC1CCCN1C(=O)OC(C)(C)C. The molecule has 0 saturated carbocycles. The topological polar surface area (TPSA) is 50.8 Å². The zero-order valence-corrected chi connectivity index (χ0v) is 14.3. The van der Waals surface area contributed by atoms with Crippen molar-refractivity contribution in [3.05, 3.63) is 0 Å². The molecule has 21 heavy (non-hydrogen) atoms. The zero-order valence-electron chi connectivity index (χ0n) is 14.3. The van der Waals surface area contributed by atoms with Gasteiger partial charge >= 0.3 is 6.09 Å². The minimum Gasteiger partial charge on any atom is -0.444 e. The molecule has 1 fully saturated rings. The summed E-state index contributed by atoms with van der Waals surface area (Å²) in [6.45, 7) is 10.3. The molecule has 1 heterocycles. The predicted molar refractivity (Wildman–Crippen MR) is 84.5 cm³/mol. The van der Waals surface area contributed by atoms with Crippen LogP contribution in [-0.4, -0.2) is 55.5 Å². The van der Waals surface area contributed by atoms with Gasteiger partial charge in [-0.1, -0.05) is 6.92 Å². The van der Waals surface area contributed by atoms with Crippen molar-refractivity contribution in [3.8, 4) is 0 Å². The van der Waals surface area contributed by atoms with Crippen molar-refractivity contribution in [1.29, 1.82) is 0 Å². The van der Waals surface area contributed by atoms with Crippen molar-refractivity contribution in [1.82, 2.24) is 10.2 Å². The molecule has 0 radical (unpaired) electrons. The second-order valence-corrected chi connectivity index (χ2v) is 6.77. The number of rotatable bonds is 7. The van der Waals surface area contributed by atoms with Crippen LogP contribution in [0.3, 0.4) is 0 Å². The average Bonchev–Trinajstić information content (AvgIpc) is 2.84. The van der Waals surface area contributed by atoms with Crippen LogP contribution in [0.25, 0.3) is 0 Å². The van der Waals surface area contributed by atoms with Gasteiger partial charge in [-0.05, 0) is 53.0 Å². The maximum Gasteiger partial charge on any atom is 0.410 e. The molecule has 1 N–H and O–H groups in total. The highest BCUT2D eigenvalue weighted by molar-refractivity contribution is 5.68. The summed E-state index contributed by atoms with van der Waals surface area (Å²) < 4.78 is 10.7. The molecule has 0 spiro atoms. The van der Waals surface area contributed by atoms with Gasteiger partial charge in [0.1, 0.15) is 5.60 Å². The van der Waals surface area contributed by atoms with Crippen molar-refractivity contribution in [2.45, 2.75) is 71.1 Å². The summed E-state index contributed by atoms with van der Waals surface area (Å²) >= 11 is 0. The van der Waals surface area contributed by atoms with Crippen molar-refractivity contribution in [2.24, 2.45) is 0 Å². The fourth-order valence-corrected chi connectivity index (χ4v) is 2.67. The molecule has 2 unspecified atom stereocenters. The summed E-state index contributed by atoms with van der Waals surface area (Å²) in [5, 5.41) is 3.50. The van der Waals surface area contributed by atoms with Gasteiger partial charge < -0.3 is 19.7 Å². The van der Waals surface area contributed by atoms with E-state index < -0.39 is 5.60 Å². The number of nitrogens with one attached hydrogen (secondary N) is 1. The Balaban J connectivity index is 2.38. The second kappa shape index (κ2) is 8.59. The lowest BCUT2D eigenvalue weighted by molar-refractivity contribution is 0.0219. The Labute approximate surface area is 129 Å². The molecule has 1 amide bonds. The van der Waals surface area contributed by atoms with E-state index in [9.17, 15) is 4.79 Å². The number of likely N-dealkylation sites (tertiary alicyclic amines) is 1. The number of ether oxygens (including phenoxy) is 2. The van der Waals surface area contributed by atoms with Gasteiger partial charge in [-0.15, -0.1) is 0 Å². The monoisotopic (exact) mass is 300 g/mol. The third-order valence-electron chi connectivity index (χ3n) is 3.78. The number of carbonyl (C=O) groups excluding carboxylic acids is 1. The van der Waals surface area contributed by atoms with Crippen LogP contribution in [0.5, 0.6) is 0 Å². The molecule has 0 aromatic heterocycles. The molecule has 1 aliphatic heterocycles. The first kappa shape index (κ1) is 18.2. The van der Waals surface area contributed by atoms with Crippen molar-refractivity contribution >= 4 is 6.09 Å². The fraction of sp³-hybridized carbons (Fsp3) is 0.938. The molecule has 1 rings (SSSR count). The Morgan fingerprint density at radius 1 is 1.43 bits per heavy atom. The number of amides is 1. The number of nitrogens with zero attached hydrogens (tertiary/aromatic N) is 1. The molecule has 2 atom stereocenters. The first-order valence-corrected chi connectivity index (χ1v) is 8.09. The molecular formula is C16H32N2O3. The van der Waals surface area contributed by atoms with Gasteiger partial charge in [0.2, 0.25) is 0 Å². The molecule has 5 heteroatoms. The summed E-state index contributed by atoms with van der Waals surface area (Å²) in [6.07, 6.45) is 3.99. The molecular weight excluding hydrogens is 268 g/mol. The number of hydrogen-bond donors (Lipinski definition) is 1. The van der Waals surface area contributed by atoms with Crippen LogP contribution in [-0.2, 0) is 9.47 Å². The fourth-order valence-electron chi connectivity index (χ4n) is 2.67. The third-order valence-corrected chi connectivity index (χ3v) is 3.78. The quantitative estimate of drug-likeness (QED) is 0.785. The highest BCUT2D eigenvalue weighted by Crippen LogP contribution is 2.22. The Bertz CT molecular complexity index is 315. The molecule has 0 aromatic carbocycles. The van der Waals surface area contributed by atoms with E-state index >= 15 is 0 Å². The number of methoxy groups -OCH3 is 1. The van der Waals surface area contributed by atoms with Gasteiger partial charge in [0.15, 0.2) is 0 Å². The van der Waals surface area contributed by atoms with Crippen LogP contribution >= 0.6 is 0 Å². The lowest BCUT2D eigenvalue weighted by Gasteiger charge is -2.29. The maximum absolute atomic E-state index is 12.2. The van der Waals surface area contributed by atoms with Crippen molar-refractivity contribution in [3.63, 3.8) is 0 Å². The maximum atomic E-state index is 12.2. The predicted octanol–water partition coefficient (Wildman–Crippen LogP) is 2.79. The van der Waals surface area contributed by atoms with E-state index in [0.717, 1.165) is 45.4 Å². The van der Waals surface area contributed by atoms with E-state index in [-0.39, 0.29) is 6.09 Å². The molecule has 1 aliphatic rings. The minimum absolute atomic E-state index is 0.172. The third kappa shape index (κ3) is 6.66. The van der Waals surface area contributed by atoms with Gasteiger partial charge in [0, 0.05) is 25.7 Å². The van der Waals surface area contributed by atoms with Crippen LogP contribution in [0.15, 0.2) is 0 Å². The summed E-state index contributed by atoms with van der Waals surface area (Å²) in [7, 11) is 1.73. The Hall–Kier alpha value is -0.810. The van der Waals surface area contributed by atoms with E-state index in [1.807, 2.05) is 25.7 Å². The molecule has 5 nitrogen and oxygen atoms in total. The number of hydrogen-bond acceptors (Lipinski definition) is 4. The highest BCUT2D eigenvalue weighted by Gasteiger charge is 2.31. The summed E-state index contributed by atoms with van der Waals surface area (Å²) in [4.78, 5) is 14.1. The van der Waals surface area contributed by atoms with Crippen LogP contribution < -0.4 is 5.32 Å². The lowest BCUT2D eigenvalue weighted by Crippen LogP contribution is -2.42.